The Morgan fingerprint density at radius 3 is 2.86 bits per heavy atom. The van der Waals surface area contributed by atoms with Crippen molar-refractivity contribution < 1.29 is 0 Å². The molecule has 1 aliphatic heterocycles. The Labute approximate surface area is 87.9 Å². The zero-order valence-electron chi connectivity index (χ0n) is 9.83. The van der Waals surface area contributed by atoms with E-state index in [4.69, 9.17) is 0 Å². The van der Waals surface area contributed by atoms with Gasteiger partial charge in [0.25, 0.3) is 0 Å². The summed E-state index contributed by atoms with van der Waals surface area (Å²) in [6.45, 7) is 6.74. The molecular formula is C12H22N2. The third kappa shape index (κ3) is 3.09. The molecule has 0 spiro atoms. The van der Waals surface area contributed by atoms with Crippen molar-refractivity contribution in [3.63, 3.8) is 0 Å². The van der Waals surface area contributed by atoms with Gasteiger partial charge in [0.15, 0.2) is 0 Å². The van der Waals surface area contributed by atoms with Crippen LogP contribution in [0, 0.1) is 5.92 Å². The lowest BCUT2D eigenvalue weighted by Crippen LogP contribution is -2.30. The van der Waals surface area contributed by atoms with Crippen molar-refractivity contribution in [3.05, 3.63) is 24.0 Å². The van der Waals surface area contributed by atoms with Crippen LogP contribution < -0.4 is 0 Å². The molecule has 1 aliphatic rings. The Morgan fingerprint density at radius 1 is 1.57 bits per heavy atom. The number of nitrogens with zero attached hydrogens (tertiary/aromatic N) is 2. The maximum atomic E-state index is 2.37. The highest BCUT2D eigenvalue weighted by molar-refractivity contribution is 5.17. The van der Waals surface area contributed by atoms with Gasteiger partial charge in [0.1, 0.15) is 0 Å². The molecule has 0 N–H and O–H groups in total. The molecule has 0 aromatic carbocycles. The average molecular weight is 194 g/mol. The van der Waals surface area contributed by atoms with Crippen LogP contribution in [0.25, 0.3) is 0 Å². The molecule has 0 aromatic rings. The zero-order valence-corrected chi connectivity index (χ0v) is 9.83. The fourth-order valence-corrected chi connectivity index (χ4v) is 1.62. The van der Waals surface area contributed by atoms with Crippen LogP contribution in [0.4, 0.5) is 0 Å². The standard InChI is InChI=1S/C12H22N2/c1-5-11(2)9-14(4)12-7-6-8-13(3)10-12/h6-8,11H,5,9-10H2,1-4H3. The van der Waals surface area contributed by atoms with Gasteiger partial charge in [0.05, 0.1) is 6.54 Å². The summed E-state index contributed by atoms with van der Waals surface area (Å²) < 4.78 is 0. The molecule has 1 rings (SSSR count). The third-order valence-electron chi connectivity index (χ3n) is 2.81. The van der Waals surface area contributed by atoms with Gasteiger partial charge in [-0.25, -0.2) is 0 Å². The third-order valence-corrected chi connectivity index (χ3v) is 2.81. The molecule has 1 unspecified atom stereocenters. The molecule has 0 fully saturated rings. The van der Waals surface area contributed by atoms with Gasteiger partial charge in [-0.1, -0.05) is 20.3 Å². The summed E-state index contributed by atoms with van der Waals surface area (Å²) in [4.78, 5) is 4.58. The van der Waals surface area contributed by atoms with Crippen molar-refractivity contribution in [2.45, 2.75) is 20.3 Å². The van der Waals surface area contributed by atoms with Gasteiger partial charge in [-0.2, -0.15) is 0 Å². The van der Waals surface area contributed by atoms with Crippen LogP contribution in [-0.2, 0) is 0 Å². The van der Waals surface area contributed by atoms with Crippen LogP contribution in [-0.4, -0.2) is 37.0 Å². The lowest BCUT2D eigenvalue weighted by atomic mass is 10.1. The van der Waals surface area contributed by atoms with E-state index in [2.05, 4.69) is 56.1 Å². The first kappa shape index (κ1) is 11.2. The molecule has 0 bridgehead atoms. The predicted octanol–water partition coefficient (Wildman–Crippen LogP) is 2.31. The Bertz CT molecular complexity index is 230. The number of allylic oxidation sites excluding steroid dienone is 2. The van der Waals surface area contributed by atoms with Gasteiger partial charge in [-0.3, -0.25) is 0 Å². The first-order valence-electron chi connectivity index (χ1n) is 5.42. The topological polar surface area (TPSA) is 6.48 Å². The van der Waals surface area contributed by atoms with E-state index in [0.29, 0.717) is 0 Å². The molecule has 0 aromatic heterocycles. The van der Waals surface area contributed by atoms with Gasteiger partial charge < -0.3 is 9.80 Å². The SMILES string of the molecule is CCC(C)CN(C)C1=CC=CN(C)C1. The monoisotopic (exact) mass is 194 g/mol. The summed E-state index contributed by atoms with van der Waals surface area (Å²) in [6.07, 6.45) is 7.69. The van der Waals surface area contributed by atoms with Gasteiger partial charge >= 0.3 is 0 Å². The van der Waals surface area contributed by atoms with Crippen molar-refractivity contribution in [1.29, 1.82) is 0 Å². The highest BCUT2D eigenvalue weighted by Crippen LogP contribution is 2.12. The maximum absolute atomic E-state index is 2.37. The molecule has 0 radical (unpaired) electrons. The summed E-state index contributed by atoms with van der Waals surface area (Å²) in [5.41, 5.74) is 1.41. The van der Waals surface area contributed by atoms with Crippen molar-refractivity contribution in [2.24, 2.45) is 5.92 Å². The molecule has 1 heterocycles. The molecule has 0 saturated carbocycles. The Morgan fingerprint density at radius 2 is 2.29 bits per heavy atom. The first-order chi connectivity index (χ1) is 6.63. The lowest BCUT2D eigenvalue weighted by molar-refractivity contribution is 0.310. The first-order valence-corrected chi connectivity index (χ1v) is 5.42. The predicted molar refractivity (Wildman–Crippen MR) is 61.9 cm³/mol. The summed E-state index contributed by atoms with van der Waals surface area (Å²) in [7, 11) is 4.30. The molecule has 0 amide bonds. The molecule has 0 saturated heterocycles. The van der Waals surface area contributed by atoms with Crippen LogP contribution in [0.15, 0.2) is 24.0 Å². The van der Waals surface area contributed by atoms with Gasteiger partial charge in [-0.15, -0.1) is 0 Å². The van der Waals surface area contributed by atoms with Crippen molar-refractivity contribution in [2.75, 3.05) is 27.2 Å². The second-order valence-electron chi connectivity index (χ2n) is 4.31. The van der Waals surface area contributed by atoms with E-state index in [9.17, 15) is 0 Å². The Hall–Kier alpha value is -0.920. The minimum Gasteiger partial charge on any atom is -0.376 e. The second-order valence-corrected chi connectivity index (χ2v) is 4.31. The smallest absolute Gasteiger partial charge is 0.0569 e. The second kappa shape index (κ2) is 5.08. The summed E-state index contributed by atoms with van der Waals surface area (Å²) >= 11 is 0. The van der Waals surface area contributed by atoms with E-state index < -0.39 is 0 Å². The van der Waals surface area contributed by atoms with Crippen molar-refractivity contribution in [1.82, 2.24) is 9.80 Å². The quantitative estimate of drug-likeness (QED) is 0.677. The summed E-state index contributed by atoms with van der Waals surface area (Å²) in [5.74, 6) is 0.775. The Balaban J connectivity index is 2.48. The lowest BCUT2D eigenvalue weighted by Gasteiger charge is -2.29. The molecule has 0 aliphatic carbocycles. The van der Waals surface area contributed by atoms with Crippen LogP contribution in [0.2, 0.25) is 0 Å². The molecule has 80 valence electrons. The Kier molecular flexibility index (Phi) is 4.05. The van der Waals surface area contributed by atoms with E-state index in [1.165, 1.54) is 12.1 Å². The van der Waals surface area contributed by atoms with E-state index in [0.717, 1.165) is 19.0 Å². The van der Waals surface area contributed by atoms with Crippen LogP contribution in [0.3, 0.4) is 0 Å². The van der Waals surface area contributed by atoms with Crippen LogP contribution in [0.5, 0.6) is 0 Å². The molecular weight excluding hydrogens is 172 g/mol. The van der Waals surface area contributed by atoms with Gasteiger partial charge in [0.2, 0.25) is 0 Å². The average Bonchev–Trinajstić information content (AvgIpc) is 2.17. The largest absolute Gasteiger partial charge is 0.376 e. The van der Waals surface area contributed by atoms with Crippen LogP contribution in [0.1, 0.15) is 20.3 Å². The number of likely N-dealkylation sites (N-methyl/N-ethyl adjacent to an activating group) is 2. The van der Waals surface area contributed by atoms with E-state index in [-0.39, 0.29) is 0 Å². The van der Waals surface area contributed by atoms with Crippen molar-refractivity contribution >= 4 is 0 Å². The number of hydrogen-bond donors (Lipinski definition) is 0. The van der Waals surface area contributed by atoms with E-state index in [1.807, 2.05) is 0 Å². The molecule has 1 atom stereocenters. The molecule has 2 heteroatoms. The molecule has 2 nitrogen and oxygen atoms in total. The van der Waals surface area contributed by atoms with Gasteiger partial charge in [-0.05, 0) is 24.3 Å². The highest BCUT2D eigenvalue weighted by Gasteiger charge is 2.10. The normalized spacial score (nSPS) is 18.0. The number of rotatable bonds is 4. The van der Waals surface area contributed by atoms with E-state index >= 15 is 0 Å². The summed E-state index contributed by atoms with van der Waals surface area (Å²) in [5, 5.41) is 0. The highest BCUT2D eigenvalue weighted by atomic mass is 15.2. The summed E-state index contributed by atoms with van der Waals surface area (Å²) in [6, 6.07) is 0. The molecule has 14 heavy (non-hydrogen) atoms. The maximum Gasteiger partial charge on any atom is 0.0569 e. The van der Waals surface area contributed by atoms with Gasteiger partial charge in [0, 0.05) is 26.3 Å². The van der Waals surface area contributed by atoms with Crippen LogP contribution >= 0.6 is 0 Å². The van der Waals surface area contributed by atoms with E-state index in [1.54, 1.807) is 0 Å². The number of hydrogen-bond acceptors (Lipinski definition) is 2. The minimum atomic E-state index is 0.775. The fourth-order valence-electron chi connectivity index (χ4n) is 1.62. The zero-order chi connectivity index (χ0) is 10.6. The fraction of sp³-hybridized carbons (Fsp3) is 0.667. The minimum absolute atomic E-state index is 0.775. The van der Waals surface area contributed by atoms with Crippen molar-refractivity contribution in [3.8, 4) is 0 Å².